The van der Waals surface area contributed by atoms with Gasteiger partial charge in [-0.25, -0.2) is 4.98 Å². The quantitative estimate of drug-likeness (QED) is 0.0561. The molecule has 2 unspecified atom stereocenters. The highest BCUT2D eigenvalue weighted by Crippen LogP contribution is 2.21. The SMILES string of the molecule is CCCCCCCCCCCCC(O)CN(CCCCCCOC(=O)C(CCCCCC)CCCCCCCC)CCCn1ccnc1. The van der Waals surface area contributed by atoms with Gasteiger partial charge in [0.05, 0.1) is 25.0 Å². The van der Waals surface area contributed by atoms with Crippen LogP contribution in [0.25, 0.3) is 0 Å². The molecule has 1 rings (SSSR count). The number of aryl methyl sites for hydroxylation is 1. The summed E-state index contributed by atoms with van der Waals surface area (Å²) in [7, 11) is 0. The van der Waals surface area contributed by atoms with Crippen LogP contribution in [0.5, 0.6) is 0 Å². The van der Waals surface area contributed by atoms with Crippen molar-refractivity contribution in [2.75, 3.05) is 26.2 Å². The summed E-state index contributed by atoms with van der Waals surface area (Å²) in [5.41, 5.74) is 0. The lowest BCUT2D eigenvalue weighted by molar-refractivity contribution is -0.149. The number of carbonyl (C=O) groups is 1. The number of esters is 1. The molecule has 1 aromatic rings. The zero-order chi connectivity index (χ0) is 34.8. The summed E-state index contributed by atoms with van der Waals surface area (Å²) in [5, 5.41) is 10.9. The molecule has 1 heterocycles. The Hall–Kier alpha value is -1.40. The summed E-state index contributed by atoms with van der Waals surface area (Å²) in [6, 6.07) is 0. The standard InChI is InChI=1S/C42H81N3O3/c1-4-7-10-13-15-16-17-18-20-25-31-41(46)38-44(34-28-35-45-36-32-43-39-45)33-26-21-22-27-37-48-42(47)40(29-23-12-9-6-3)30-24-19-14-11-8-5-2/h32,36,39-41,46H,4-31,33-35,37-38H2,1-3H3. The minimum Gasteiger partial charge on any atom is -0.465 e. The van der Waals surface area contributed by atoms with Crippen LogP contribution in [-0.4, -0.2) is 57.9 Å². The second-order valence-corrected chi connectivity index (χ2v) is 14.8. The van der Waals surface area contributed by atoms with Crippen molar-refractivity contribution in [2.24, 2.45) is 5.92 Å². The molecule has 0 aromatic carbocycles. The monoisotopic (exact) mass is 676 g/mol. The van der Waals surface area contributed by atoms with Gasteiger partial charge in [0.1, 0.15) is 0 Å². The number of nitrogens with zero attached hydrogens (tertiary/aromatic N) is 3. The summed E-state index contributed by atoms with van der Waals surface area (Å²) >= 11 is 0. The second-order valence-electron chi connectivity index (χ2n) is 14.8. The number of carbonyl (C=O) groups excluding carboxylic acids is 1. The van der Waals surface area contributed by atoms with Crippen molar-refractivity contribution in [3.63, 3.8) is 0 Å². The first-order valence-corrected chi connectivity index (χ1v) is 21.1. The summed E-state index contributed by atoms with van der Waals surface area (Å²) in [6.45, 7) is 11.1. The summed E-state index contributed by atoms with van der Waals surface area (Å²) in [6.07, 6.45) is 39.6. The van der Waals surface area contributed by atoms with Crippen LogP contribution in [0.15, 0.2) is 18.7 Å². The number of aliphatic hydroxyl groups excluding tert-OH is 1. The fourth-order valence-corrected chi connectivity index (χ4v) is 6.90. The molecule has 0 fully saturated rings. The predicted molar refractivity (Wildman–Crippen MR) is 205 cm³/mol. The Morgan fingerprint density at radius 2 is 1.12 bits per heavy atom. The molecule has 0 amide bonds. The third-order valence-electron chi connectivity index (χ3n) is 10.1. The number of unbranched alkanes of at least 4 members (excludes halogenated alkanes) is 20. The van der Waals surface area contributed by atoms with Crippen molar-refractivity contribution in [1.82, 2.24) is 14.5 Å². The molecule has 1 N–H and O–H groups in total. The molecule has 0 bridgehead atoms. The zero-order valence-electron chi connectivity index (χ0n) is 32.3. The molecule has 0 aliphatic heterocycles. The molecular formula is C42H81N3O3. The number of aromatic nitrogens is 2. The molecule has 6 nitrogen and oxygen atoms in total. The Balaban J connectivity index is 2.31. The van der Waals surface area contributed by atoms with Gasteiger partial charge in [-0.15, -0.1) is 0 Å². The Morgan fingerprint density at radius 3 is 1.69 bits per heavy atom. The maximum Gasteiger partial charge on any atom is 0.308 e. The molecule has 6 heteroatoms. The number of hydrogen-bond donors (Lipinski definition) is 1. The van der Waals surface area contributed by atoms with E-state index in [4.69, 9.17) is 4.74 Å². The van der Waals surface area contributed by atoms with Crippen molar-refractivity contribution in [3.05, 3.63) is 18.7 Å². The van der Waals surface area contributed by atoms with E-state index in [-0.39, 0.29) is 18.0 Å². The van der Waals surface area contributed by atoms with E-state index in [2.05, 4.69) is 35.2 Å². The predicted octanol–water partition coefficient (Wildman–Crippen LogP) is 11.7. The van der Waals surface area contributed by atoms with E-state index >= 15 is 0 Å². The molecule has 0 spiro atoms. The summed E-state index contributed by atoms with van der Waals surface area (Å²) in [4.78, 5) is 19.6. The van der Waals surface area contributed by atoms with Gasteiger partial charge in [0.15, 0.2) is 0 Å². The summed E-state index contributed by atoms with van der Waals surface area (Å²) < 4.78 is 7.97. The molecule has 0 aliphatic carbocycles. The van der Waals surface area contributed by atoms with Crippen LogP contribution in [0.4, 0.5) is 0 Å². The van der Waals surface area contributed by atoms with E-state index in [1.807, 2.05) is 18.7 Å². The van der Waals surface area contributed by atoms with Gasteiger partial charge < -0.3 is 19.3 Å². The topological polar surface area (TPSA) is 67.6 Å². The number of hydrogen-bond acceptors (Lipinski definition) is 5. The van der Waals surface area contributed by atoms with E-state index in [9.17, 15) is 9.90 Å². The van der Waals surface area contributed by atoms with Crippen LogP contribution in [0.1, 0.15) is 201 Å². The molecule has 0 aliphatic rings. The molecule has 0 radical (unpaired) electrons. The number of rotatable bonds is 37. The van der Waals surface area contributed by atoms with Crippen molar-refractivity contribution in [3.8, 4) is 0 Å². The van der Waals surface area contributed by atoms with Crippen LogP contribution < -0.4 is 0 Å². The average Bonchev–Trinajstić information content (AvgIpc) is 3.61. The largest absolute Gasteiger partial charge is 0.465 e. The van der Waals surface area contributed by atoms with Gasteiger partial charge in [0.25, 0.3) is 0 Å². The van der Waals surface area contributed by atoms with Gasteiger partial charge in [0, 0.05) is 25.5 Å². The first-order chi connectivity index (χ1) is 23.6. The normalized spacial score (nSPS) is 12.9. The Labute approximate surface area is 298 Å². The highest BCUT2D eigenvalue weighted by Gasteiger charge is 2.19. The Bertz CT molecular complexity index is 787. The van der Waals surface area contributed by atoms with Crippen LogP contribution in [0, 0.1) is 5.92 Å². The van der Waals surface area contributed by atoms with Gasteiger partial charge in [-0.1, -0.05) is 162 Å². The lowest BCUT2D eigenvalue weighted by Gasteiger charge is -2.25. The molecule has 2 atom stereocenters. The van der Waals surface area contributed by atoms with Crippen molar-refractivity contribution < 1.29 is 14.6 Å². The maximum absolute atomic E-state index is 13.0. The lowest BCUT2D eigenvalue weighted by Crippen LogP contribution is -2.34. The first-order valence-electron chi connectivity index (χ1n) is 21.1. The van der Waals surface area contributed by atoms with Crippen LogP contribution in [0.3, 0.4) is 0 Å². The molecule has 0 saturated heterocycles. The second kappa shape index (κ2) is 34.1. The van der Waals surface area contributed by atoms with Gasteiger partial charge in [-0.2, -0.15) is 0 Å². The third-order valence-corrected chi connectivity index (χ3v) is 10.1. The third kappa shape index (κ3) is 27.4. The molecular weight excluding hydrogens is 594 g/mol. The van der Waals surface area contributed by atoms with Gasteiger partial charge in [0.2, 0.25) is 0 Å². The molecule has 0 saturated carbocycles. The van der Waals surface area contributed by atoms with Crippen molar-refractivity contribution in [2.45, 2.75) is 213 Å². The van der Waals surface area contributed by atoms with Crippen LogP contribution >= 0.6 is 0 Å². The van der Waals surface area contributed by atoms with E-state index < -0.39 is 0 Å². The van der Waals surface area contributed by atoms with Gasteiger partial charge in [-0.05, 0) is 51.6 Å². The van der Waals surface area contributed by atoms with E-state index in [1.54, 1.807) is 0 Å². The molecule has 1 aromatic heterocycles. The molecule has 282 valence electrons. The lowest BCUT2D eigenvalue weighted by atomic mass is 9.94. The first kappa shape index (κ1) is 44.6. The number of aliphatic hydroxyl groups is 1. The Kier molecular flexibility index (Phi) is 31.7. The fraction of sp³-hybridized carbons (Fsp3) is 0.905. The van der Waals surface area contributed by atoms with Crippen molar-refractivity contribution >= 4 is 5.97 Å². The maximum atomic E-state index is 13.0. The van der Waals surface area contributed by atoms with E-state index in [0.717, 1.165) is 96.8 Å². The Morgan fingerprint density at radius 1 is 0.646 bits per heavy atom. The highest BCUT2D eigenvalue weighted by molar-refractivity contribution is 5.72. The number of ether oxygens (including phenoxy) is 1. The highest BCUT2D eigenvalue weighted by atomic mass is 16.5. The zero-order valence-corrected chi connectivity index (χ0v) is 32.3. The van der Waals surface area contributed by atoms with Crippen LogP contribution in [0.2, 0.25) is 0 Å². The number of imidazole rings is 1. The van der Waals surface area contributed by atoms with E-state index in [1.165, 1.54) is 109 Å². The van der Waals surface area contributed by atoms with Gasteiger partial charge >= 0.3 is 5.97 Å². The average molecular weight is 676 g/mol. The van der Waals surface area contributed by atoms with E-state index in [0.29, 0.717) is 6.61 Å². The smallest absolute Gasteiger partial charge is 0.308 e. The summed E-state index contributed by atoms with van der Waals surface area (Å²) in [5.74, 6) is 0.149. The van der Waals surface area contributed by atoms with Crippen LogP contribution in [-0.2, 0) is 16.1 Å². The van der Waals surface area contributed by atoms with Crippen molar-refractivity contribution in [1.29, 1.82) is 0 Å². The van der Waals surface area contributed by atoms with Gasteiger partial charge in [-0.3, -0.25) is 4.79 Å². The minimum atomic E-state index is -0.238. The fourth-order valence-electron chi connectivity index (χ4n) is 6.90. The minimum absolute atomic E-state index is 0.0560. The molecule has 48 heavy (non-hydrogen) atoms.